The van der Waals surface area contributed by atoms with E-state index in [0.29, 0.717) is 6.54 Å². The van der Waals surface area contributed by atoms with Crippen LogP contribution in [0.5, 0.6) is 0 Å². The minimum Gasteiger partial charge on any atom is -0.389 e. The van der Waals surface area contributed by atoms with Crippen molar-refractivity contribution in [3.8, 4) is 0 Å². The summed E-state index contributed by atoms with van der Waals surface area (Å²) in [7, 11) is 2.07. The van der Waals surface area contributed by atoms with E-state index in [9.17, 15) is 5.11 Å². The molecule has 0 aromatic rings. The molecule has 0 aliphatic carbocycles. The molecule has 4 heteroatoms. The zero-order valence-corrected chi connectivity index (χ0v) is 11.8. The van der Waals surface area contributed by atoms with Gasteiger partial charge in [0, 0.05) is 31.7 Å². The minimum absolute atomic E-state index is 0.218. The third-order valence-corrected chi connectivity index (χ3v) is 3.20. The van der Waals surface area contributed by atoms with Crippen LogP contribution in [0.3, 0.4) is 0 Å². The normalized spacial score (nSPS) is 25.8. The molecule has 1 fully saturated rings. The van der Waals surface area contributed by atoms with Crippen molar-refractivity contribution in [1.29, 1.82) is 0 Å². The molecule has 4 nitrogen and oxygen atoms in total. The van der Waals surface area contributed by atoms with Gasteiger partial charge < -0.3 is 20.1 Å². The van der Waals surface area contributed by atoms with Gasteiger partial charge in [0.25, 0.3) is 0 Å². The second-order valence-corrected chi connectivity index (χ2v) is 6.07. The topological polar surface area (TPSA) is 44.7 Å². The van der Waals surface area contributed by atoms with Crippen LogP contribution in [0.15, 0.2) is 0 Å². The van der Waals surface area contributed by atoms with Gasteiger partial charge in [0.1, 0.15) is 0 Å². The molecule has 0 saturated carbocycles. The lowest BCUT2D eigenvalue weighted by molar-refractivity contribution is 0.0275. The van der Waals surface area contributed by atoms with E-state index in [4.69, 9.17) is 4.74 Å². The van der Waals surface area contributed by atoms with Crippen LogP contribution in [0.2, 0.25) is 0 Å². The molecule has 1 rings (SSSR count). The Balaban J connectivity index is 2.48. The quantitative estimate of drug-likeness (QED) is 0.692. The fourth-order valence-electron chi connectivity index (χ4n) is 2.65. The highest BCUT2D eigenvalue weighted by atomic mass is 16.5. The Kier molecular flexibility index (Phi) is 5.38. The Bertz CT molecular complexity index is 220. The van der Waals surface area contributed by atoms with E-state index in [1.165, 1.54) is 0 Å². The summed E-state index contributed by atoms with van der Waals surface area (Å²) in [5.41, 5.74) is -0.413. The monoisotopic (exact) mass is 244 g/mol. The Morgan fingerprint density at radius 2 is 2.18 bits per heavy atom. The first-order valence-corrected chi connectivity index (χ1v) is 6.56. The van der Waals surface area contributed by atoms with E-state index >= 15 is 0 Å². The first-order chi connectivity index (χ1) is 7.87. The maximum absolute atomic E-state index is 9.83. The molecule has 0 aromatic heterocycles. The number of rotatable bonds is 7. The van der Waals surface area contributed by atoms with Crippen LogP contribution in [-0.4, -0.2) is 62.0 Å². The molecule has 1 aliphatic rings. The smallest absolute Gasteiger partial charge is 0.0718 e. The average molecular weight is 244 g/mol. The highest BCUT2D eigenvalue weighted by Gasteiger charge is 2.36. The Labute approximate surface area is 105 Å². The standard InChI is InChI=1S/C13H28N2O2/c1-5-14-8-13(6-7-17-11-13)10-15(4)9-12(2,3)16/h14,16H,5-11H2,1-4H3. The number of nitrogens with zero attached hydrogens (tertiary/aromatic N) is 1. The van der Waals surface area contributed by atoms with Gasteiger partial charge in [0.05, 0.1) is 12.2 Å². The van der Waals surface area contributed by atoms with Crippen LogP contribution in [0.4, 0.5) is 0 Å². The molecule has 1 aliphatic heterocycles. The van der Waals surface area contributed by atoms with Crippen molar-refractivity contribution in [1.82, 2.24) is 10.2 Å². The Morgan fingerprint density at radius 3 is 2.65 bits per heavy atom. The summed E-state index contributed by atoms with van der Waals surface area (Å²) in [5, 5.41) is 13.3. The second kappa shape index (κ2) is 6.14. The van der Waals surface area contributed by atoms with Gasteiger partial charge in [-0.05, 0) is 33.9 Å². The van der Waals surface area contributed by atoms with Gasteiger partial charge in [-0.25, -0.2) is 0 Å². The van der Waals surface area contributed by atoms with Crippen molar-refractivity contribution in [2.75, 3.05) is 46.4 Å². The summed E-state index contributed by atoms with van der Waals surface area (Å²) in [6.07, 6.45) is 1.11. The Morgan fingerprint density at radius 1 is 1.47 bits per heavy atom. The van der Waals surface area contributed by atoms with E-state index in [-0.39, 0.29) is 5.41 Å². The SMILES string of the molecule is CCNCC1(CN(C)CC(C)(C)O)CCOC1. The second-order valence-electron chi connectivity index (χ2n) is 6.07. The van der Waals surface area contributed by atoms with Gasteiger partial charge in [-0.1, -0.05) is 6.92 Å². The molecule has 1 unspecified atom stereocenters. The molecular weight excluding hydrogens is 216 g/mol. The molecule has 17 heavy (non-hydrogen) atoms. The molecular formula is C13H28N2O2. The first-order valence-electron chi connectivity index (χ1n) is 6.56. The van der Waals surface area contributed by atoms with Crippen molar-refractivity contribution in [3.63, 3.8) is 0 Å². The molecule has 0 amide bonds. The number of aliphatic hydroxyl groups is 1. The van der Waals surface area contributed by atoms with Crippen LogP contribution in [0, 0.1) is 5.41 Å². The highest BCUT2D eigenvalue weighted by molar-refractivity contribution is 4.88. The van der Waals surface area contributed by atoms with Crippen LogP contribution in [-0.2, 0) is 4.74 Å². The van der Waals surface area contributed by atoms with Crippen molar-refractivity contribution in [2.45, 2.75) is 32.8 Å². The average Bonchev–Trinajstić information content (AvgIpc) is 2.60. The van der Waals surface area contributed by atoms with Gasteiger partial charge in [-0.3, -0.25) is 0 Å². The predicted octanol–water partition coefficient (Wildman–Crippen LogP) is 0.705. The zero-order chi connectivity index (χ0) is 12.9. The van der Waals surface area contributed by atoms with Gasteiger partial charge in [-0.15, -0.1) is 0 Å². The summed E-state index contributed by atoms with van der Waals surface area (Å²) in [6.45, 7) is 11.2. The number of likely N-dealkylation sites (N-methyl/N-ethyl adjacent to an activating group) is 1. The predicted molar refractivity (Wildman–Crippen MR) is 70.2 cm³/mol. The van der Waals surface area contributed by atoms with E-state index in [1.807, 2.05) is 13.8 Å². The maximum atomic E-state index is 9.83. The van der Waals surface area contributed by atoms with Crippen LogP contribution >= 0.6 is 0 Å². The summed E-state index contributed by atoms with van der Waals surface area (Å²) < 4.78 is 5.56. The first kappa shape index (κ1) is 14.9. The van der Waals surface area contributed by atoms with Crippen molar-refractivity contribution in [3.05, 3.63) is 0 Å². The molecule has 1 saturated heterocycles. The molecule has 1 atom stereocenters. The summed E-state index contributed by atoms with van der Waals surface area (Å²) in [6, 6.07) is 0. The number of hydrogen-bond donors (Lipinski definition) is 2. The van der Waals surface area contributed by atoms with Crippen LogP contribution in [0.25, 0.3) is 0 Å². The Hall–Kier alpha value is -0.160. The molecule has 1 heterocycles. The molecule has 0 bridgehead atoms. The summed E-state index contributed by atoms with van der Waals surface area (Å²) >= 11 is 0. The molecule has 102 valence electrons. The lowest BCUT2D eigenvalue weighted by Crippen LogP contribution is -2.47. The largest absolute Gasteiger partial charge is 0.389 e. The number of hydrogen-bond acceptors (Lipinski definition) is 4. The molecule has 0 spiro atoms. The fourth-order valence-corrected chi connectivity index (χ4v) is 2.65. The van der Waals surface area contributed by atoms with Crippen molar-refractivity contribution < 1.29 is 9.84 Å². The van der Waals surface area contributed by atoms with Crippen LogP contribution < -0.4 is 5.32 Å². The lowest BCUT2D eigenvalue weighted by Gasteiger charge is -2.35. The molecule has 0 aromatic carbocycles. The van der Waals surface area contributed by atoms with Gasteiger partial charge >= 0.3 is 0 Å². The number of nitrogens with one attached hydrogen (secondary N) is 1. The van der Waals surface area contributed by atoms with Gasteiger partial charge in [0.15, 0.2) is 0 Å². The summed E-state index contributed by atoms with van der Waals surface area (Å²) in [5.74, 6) is 0. The van der Waals surface area contributed by atoms with Crippen molar-refractivity contribution >= 4 is 0 Å². The third-order valence-electron chi connectivity index (χ3n) is 3.20. The van der Waals surface area contributed by atoms with Crippen LogP contribution in [0.1, 0.15) is 27.2 Å². The van der Waals surface area contributed by atoms with E-state index in [2.05, 4.69) is 24.2 Å². The summed E-state index contributed by atoms with van der Waals surface area (Å²) in [4.78, 5) is 2.21. The lowest BCUT2D eigenvalue weighted by atomic mass is 9.86. The molecule has 0 radical (unpaired) electrons. The highest BCUT2D eigenvalue weighted by Crippen LogP contribution is 2.29. The van der Waals surface area contributed by atoms with Gasteiger partial charge in [0.2, 0.25) is 0 Å². The molecule has 2 N–H and O–H groups in total. The number of ether oxygens (including phenoxy) is 1. The van der Waals surface area contributed by atoms with E-state index in [1.54, 1.807) is 0 Å². The maximum Gasteiger partial charge on any atom is 0.0718 e. The fraction of sp³-hybridized carbons (Fsp3) is 1.00. The third kappa shape index (κ3) is 5.34. The van der Waals surface area contributed by atoms with Crippen molar-refractivity contribution in [2.24, 2.45) is 5.41 Å². The zero-order valence-electron chi connectivity index (χ0n) is 11.8. The minimum atomic E-state index is -0.631. The van der Waals surface area contributed by atoms with E-state index in [0.717, 1.165) is 39.3 Å². The van der Waals surface area contributed by atoms with Gasteiger partial charge in [-0.2, -0.15) is 0 Å². The van der Waals surface area contributed by atoms with E-state index < -0.39 is 5.60 Å².